The predicted octanol–water partition coefficient (Wildman–Crippen LogP) is 3.07. The van der Waals surface area contributed by atoms with Crippen LogP contribution in [0.4, 0.5) is 0 Å². The smallest absolute Gasteiger partial charge is 0.134 e. The van der Waals surface area contributed by atoms with Crippen LogP contribution < -0.4 is 0 Å². The van der Waals surface area contributed by atoms with Gasteiger partial charge in [0.2, 0.25) is 0 Å². The first-order valence-corrected chi connectivity index (χ1v) is 6.47. The van der Waals surface area contributed by atoms with Gasteiger partial charge in [0.05, 0.1) is 6.61 Å². The SMILES string of the molecule is COCCc1ccc2oc(C(O)C3CC3)cc2c1. The van der Waals surface area contributed by atoms with Gasteiger partial charge < -0.3 is 14.3 Å². The van der Waals surface area contributed by atoms with Gasteiger partial charge in [-0.15, -0.1) is 0 Å². The number of furan rings is 1. The van der Waals surface area contributed by atoms with Crippen LogP contribution in [0.3, 0.4) is 0 Å². The summed E-state index contributed by atoms with van der Waals surface area (Å²) in [7, 11) is 1.71. The number of benzene rings is 1. The van der Waals surface area contributed by atoms with E-state index in [-0.39, 0.29) is 0 Å². The van der Waals surface area contributed by atoms with Gasteiger partial charge in [-0.05, 0) is 48.9 Å². The van der Waals surface area contributed by atoms with Crippen LogP contribution in [0.5, 0.6) is 0 Å². The van der Waals surface area contributed by atoms with Gasteiger partial charge in [0.1, 0.15) is 17.4 Å². The lowest BCUT2D eigenvalue weighted by atomic mass is 10.1. The summed E-state index contributed by atoms with van der Waals surface area (Å²) in [6.45, 7) is 0.723. The molecule has 3 heteroatoms. The first-order valence-electron chi connectivity index (χ1n) is 6.47. The van der Waals surface area contributed by atoms with E-state index in [2.05, 4.69) is 12.1 Å². The third-order valence-electron chi connectivity index (χ3n) is 3.55. The highest BCUT2D eigenvalue weighted by molar-refractivity contribution is 5.78. The standard InChI is InChI=1S/C15H18O3/c1-17-7-6-10-2-5-13-12(8-10)9-14(18-13)15(16)11-3-4-11/h2,5,8-9,11,15-16H,3-4,6-7H2,1H3. The number of aliphatic hydroxyl groups excluding tert-OH is 1. The van der Waals surface area contributed by atoms with E-state index in [4.69, 9.17) is 9.15 Å². The molecule has 1 aliphatic rings. The maximum absolute atomic E-state index is 10.1. The average molecular weight is 246 g/mol. The molecular weight excluding hydrogens is 228 g/mol. The number of hydrogen-bond acceptors (Lipinski definition) is 3. The zero-order chi connectivity index (χ0) is 12.5. The zero-order valence-electron chi connectivity index (χ0n) is 10.6. The molecular formula is C15H18O3. The summed E-state index contributed by atoms with van der Waals surface area (Å²) in [6.07, 6.45) is 2.69. The molecule has 0 radical (unpaired) electrons. The van der Waals surface area contributed by atoms with Crippen LogP contribution in [0.2, 0.25) is 0 Å². The van der Waals surface area contributed by atoms with Crippen LogP contribution in [0.15, 0.2) is 28.7 Å². The maximum Gasteiger partial charge on any atom is 0.134 e. The Balaban J connectivity index is 1.86. The van der Waals surface area contributed by atoms with Crippen molar-refractivity contribution in [2.45, 2.75) is 25.4 Å². The minimum Gasteiger partial charge on any atom is -0.458 e. The van der Waals surface area contributed by atoms with Crippen molar-refractivity contribution in [3.8, 4) is 0 Å². The lowest BCUT2D eigenvalue weighted by molar-refractivity contribution is 0.129. The molecule has 0 amide bonds. The summed E-state index contributed by atoms with van der Waals surface area (Å²) in [5.74, 6) is 1.11. The van der Waals surface area contributed by atoms with Gasteiger partial charge in [-0.25, -0.2) is 0 Å². The Kier molecular flexibility index (Phi) is 3.10. The highest BCUT2D eigenvalue weighted by Crippen LogP contribution is 2.42. The number of methoxy groups -OCH3 is 1. The molecule has 0 aliphatic heterocycles. The van der Waals surface area contributed by atoms with Gasteiger partial charge in [0.15, 0.2) is 0 Å². The van der Waals surface area contributed by atoms with E-state index in [0.29, 0.717) is 11.7 Å². The summed E-state index contributed by atoms with van der Waals surface area (Å²) in [5, 5.41) is 11.1. The second kappa shape index (κ2) is 4.75. The predicted molar refractivity (Wildman–Crippen MR) is 69.5 cm³/mol. The molecule has 1 heterocycles. The summed E-state index contributed by atoms with van der Waals surface area (Å²) in [4.78, 5) is 0. The number of hydrogen-bond donors (Lipinski definition) is 1. The molecule has 1 fully saturated rings. The summed E-state index contributed by atoms with van der Waals surface area (Å²) in [5.41, 5.74) is 2.09. The van der Waals surface area contributed by atoms with Crippen molar-refractivity contribution in [3.05, 3.63) is 35.6 Å². The molecule has 0 spiro atoms. The first-order chi connectivity index (χ1) is 8.78. The Morgan fingerprint density at radius 2 is 2.22 bits per heavy atom. The first kappa shape index (κ1) is 11.8. The molecule has 1 saturated carbocycles. The summed E-state index contributed by atoms with van der Waals surface area (Å²) < 4.78 is 10.8. The normalized spacial score (nSPS) is 17.2. The van der Waals surface area contributed by atoms with Gasteiger partial charge in [0, 0.05) is 12.5 Å². The second-order valence-electron chi connectivity index (χ2n) is 5.05. The molecule has 1 aliphatic carbocycles. The number of rotatable bonds is 5. The molecule has 3 rings (SSSR count). The fourth-order valence-electron chi connectivity index (χ4n) is 2.28. The average Bonchev–Trinajstić information content (AvgIpc) is 3.14. The molecule has 0 saturated heterocycles. The highest BCUT2D eigenvalue weighted by Gasteiger charge is 2.32. The van der Waals surface area contributed by atoms with Gasteiger partial charge in [-0.1, -0.05) is 6.07 Å². The maximum atomic E-state index is 10.1. The van der Waals surface area contributed by atoms with Gasteiger partial charge in [-0.2, -0.15) is 0 Å². The van der Waals surface area contributed by atoms with Gasteiger partial charge in [0.25, 0.3) is 0 Å². The minimum atomic E-state index is -0.431. The van der Waals surface area contributed by atoms with E-state index < -0.39 is 6.10 Å². The molecule has 1 aromatic carbocycles. The number of ether oxygens (including phenoxy) is 1. The fraction of sp³-hybridized carbons (Fsp3) is 0.467. The molecule has 1 aromatic heterocycles. The molecule has 1 unspecified atom stereocenters. The van der Waals surface area contributed by atoms with E-state index in [9.17, 15) is 5.11 Å². The lowest BCUT2D eigenvalue weighted by Gasteiger charge is -2.03. The Labute approximate surface area is 106 Å². The fourth-order valence-corrected chi connectivity index (χ4v) is 2.28. The van der Waals surface area contributed by atoms with Gasteiger partial charge >= 0.3 is 0 Å². The van der Waals surface area contributed by atoms with E-state index in [1.54, 1.807) is 7.11 Å². The Morgan fingerprint density at radius 3 is 2.94 bits per heavy atom. The molecule has 18 heavy (non-hydrogen) atoms. The second-order valence-corrected chi connectivity index (χ2v) is 5.05. The third-order valence-corrected chi connectivity index (χ3v) is 3.55. The molecule has 0 bridgehead atoms. The van der Waals surface area contributed by atoms with Crippen LogP contribution in [0, 0.1) is 5.92 Å². The zero-order valence-corrected chi connectivity index (χ0v) is 10.6. The Morgan fingerprint density at radius 1 is 1.39 bits per heavy atom. The van der Waals surface area contributed by atoms with Gasteiger partial charge in [-0.3, -0.25) is 0 Å². The molecule has 96 valence electrons. The monoisotopic (exact) mass is 246 g/mol. The van der Waals surface area contributed by atoms with E-state index in [1.165, 1.54) is 5.56 Å². The molecule has 1 N–H and O–H groups in total. The van der Waals surface area contributed by atoms with Crippen LogP contribution in [-0.2, 0) is 11.2 Å². The van der Waals surface area contributed by atoms with Crippen molar-refractivity contribution < 1.29 is 14.3 Å². The van der Waals surface area contributed by atoms with Crippen LogP contribution >= 0.6 is 0 Å². The largest absolute Gasteiger partial charge is 0.458 e. The quantitative estimate of drug-likeness (QED) is 0.881. The number of aliphatic hydroxyl groups is 1. The van der Waals surface area contributed by atoms with E-state index >= 15 is 0 Å². The summed E-state index contributed by atoms with van der Waals surface area (Å²) >= 11 is 0. The number of fused-ring (bicyclic) bond motifs is 1. The molecule has 3 nitrogen and oxygen atoms in total. The van der Waals surface area contributed by atoms with Crippen LogP contribution in [-0.4, -0.2) is 18.8 Å². The highest BCUT2D eigenvalue weighted by atomic mass is 16.5. The van der Waals surface area contributed by atoms with E-state index in [0.717, 1.165) is 36.8 Å². The molecule has 2 aromatic rings. The van der Waals surface area contributed by atoms with E-state index in [1.807, 2.05) is 12.1 Å². The van der Waals surface area contributed by atoms with Crippen LogP contribution in [0.25, 0.3) is 11.0 Å². The van der Waals surface area contributed by atoms with Crippen molar-refractivity contribution in [1.82, 2.24) is 0 Å². The van der Waals surface area contributed by atoms with Crippen molar-refractivity contribution in [2.24, 2.45) is 5.92 Å². The van der Waals surface area contributed by atoms with Crippen LogP contribution in [0.1, 0.15) is 30.3 Å². The van der Waals surface area contributed by atoms with Crippen molar-refractivity contribution in [2.75, 3.05) is 13.7 Å². The van der Waals surface area contributed by atoms with Crippen molar-refractivity contribution in [1.29, 1.82) is 0 Å². The lowest BCUT2D eigenvalue weighted by Crippen LogP contribution is -1.96. The van der Waals surface area contributed by atoms with Crippen molar-refractivity contribution >= 4 is 11.0 Å². The van der Waals surface area contributed by atoms with Crippen molar-refractivity contribution in [3.63, 3.8) is 0 Å². The Hall–Kier alpha value is -1.32. The molecule has 1 atom stereocenters. The summed E-state index contributed by atoms with van der Waals surface area (Å²) in [6, 6.07) is 8.11. The Bertz CT molecular complexity index is 540. The third kappa shape index (κ3) is 2.28. The minimum absolute atomic E-state index is 0.401. The topological polar surface area (TPSA) is 42.6 Å².